The van der Waals surface area contributed by atoms with E-state index in [1.54, 1.807) is 12.1 Å². The lowest BCUT2D eigenvalue weighted by atomic mass is 10.1. The van der Waals surface area contributed by atoms with Crippen LogP contribution in [0.5, 0.6) is 0 Å². The fourth-order valence-corrected chi connectivity index (χ4v) is 4.16. The van der Waals surface area contributed by atoms with Crippen LogP contribution < -0.4 is 10.0 Å². The molecular weight excluding hydrogens is 320 g/mol. The van der Waals surface area contributed by atoms with E-state index in [0.717, 1.165) is 5.56 Å². The molecule has 22 heavy (non-hydrogen) atoms. The molecule has 126 valence electrons. The maximum absolute atomic E-state index is 12.2. The number of nitrogens with one attached hydrogen (secondary N) is 2. The Balaban J connectivity index is 0.00000242. The van der Waals surface area contributed by atoms with Crippen molar-refractivity contribution in [1.29, 1.82) is 0 Å². The van der Waals surface area contributed by atoms with Gasteiger partial charge in [-0.25, -0.2) is 13.1 Å². The maximum Gasteiger partial charge on any atom is 0.240 e. The monoisotopic (exact) mass is 346 g/mol. The van der Waals surface area contributed by atoms with E-state index < -0.39 is 10.0 Å². The Labute approximate surface area is 140 Å². The minimum absolute atomic E-state index is 0. The Bertz CT molecular complexity index is 541. The molecule has 2 N–H and O–H groups in total. The van der Waals surface area contributed by atoms with E-state index >= 15 is 0 Å². The van der Waals surface area contributed by atoms with Gasteiger partial charge in [-0.05, 0) is 31.4 Å². The molecule has 2 rings (SSSR count). The standard InChI is InChI=1S/C16H26N2O2S.ClH/c1-14-8-6-7-11-16(14)21(19,20)18-13-12-17-15-9-4-2-3-5-10-15;/h6-8,11,15,17-18H,2-5,9-10,12-13H2,1H3;1H. The summed E-state index contributed by atoms with van der Waals surface area (Å²) in [5.74, 6) is 0. The van der Waals surface area contributed by atoms with Gasteiger partial charge < -0.3 is 5.32 Å². The topological polar surface area (TPSA) is 58.2 Å². The van der Waals surface area contributed by atoms with Crippen molar-refractivity contribution in [2.75, 3.05) is 13.1 Å². The van der Waals surface area contributed by atoms with Crippen molar-refractivity contribution in [3.05, 3.63) is 29.8 Å². The summed E-state index contributed by atoms with van der Waals surface area (Å²) in [6.45, 7) is 2.95. The van der Waals surface area contributed by atoms with Gasteiger partial charge in [0.15, 0.2) is 0 Å². The third kappa shape index (κ3) is 5.88. The highest BCUT2D eigenvalue weighted by atomic mass is 35.5. The quantitative estimate of drug-likeness (QED) is 0.615. The average molecular weight is 347 g/mol. The van der Waals surface area contributed by atoms with Crippen LogP contribution in [-0.4, -0.2) is 27.5 Å². The van der Waals surface area contributed by atoms with E-state index in [9.17, 15) is 8.42 Å². The van der Waals surface area contributed by atoms with Crippen LogP contribution in [0.25, 0.3) is 0 Å². The van der Waals surface area contributed by atoms with E-state index in [0.29, 0.717) is 24.0 Å². The second kappa shape index (κ2) is 9.50. The summed E-state index contributed by atoms with van der Waals surface area (Å²) in [4.78, 5) is 0.375. The van der Waals surface area contributed by atoms with Crippen molar-refractivity contribution < 1.29 is 8.42 Å². The van der Waals surface area contributed by atoms with E-state index in [1.165, 1.54) is 38.5 Å². The van der Waals surface area contributed by atoms with Gasteiger partial charge in [0.2, 0.25) is 10.0 Å². The fourth-order valence-electron chi connectivity index (χ4n) is 2.88. The van der Waals surface area contributed by atoms with Gasteiger partial charge in [0.1, 0.15) is 0 Å². The zero-order valence-electron chi connectivity index (χ0n) is 13.2. The molecule has 0 heterocycles. The molecule has 1 aliphatic carbocycles. The molecule has 4 nitrogen and oxygen atoms in total. The molecule has 0 aromatic heterocycles. The molecule has 6 heteroatoms. The normalized spacial score (nSPS) is 16.8. The van der Waals surface area contributed by atoms with Crippen LogP contribution in [0.1, 0.15) is 44.1 Å². The first-order valence-corrected chi connectivity index (χ1v) is 9.36. The van der Waals surface area contributed by atoms with Crippen LogP contribution in [0.4, 0.5) is 0 Å². The number of aryl methyl sites for hydroxylation is 1. The third-order valence-electron chi connectivity index (χ3n) is 4.09. The Kier molecular flexibility index (Phi) is 8.39. The predicted molar refractivity (Wildman–Crippen MR) is 93.1 cm³/mol. The van der Waals surface area contributed by atoms with Gasteiger partial charge in [-0.3, -0.25) is 0 Å². The number of sulfonamides is 1. The number of rotatable bonds is 6. The van der Waals surface area contributed by atoms with Gasteiger partial charge in [0, 0.05) is 19.1 Å². The van der Waals surface area contributed by atoms with Crippen molar-refractivity contribution >= 4 is 22.4 Å². The predicted octanol–water partition coefficient (Wildman–Crippen LogP) is 3.01. The van der Waals surface area contributed by atoms with E-state index in [-0.39, 0.29) is 12.4 Å². The second-order valence-corrected chi connectivity index (χ2v) is 7.54. The molecule has 1 aromatic rings. The Hall–Kier alpha value is -0.620. The van der Waals surface area contributed by atoms with E-state index in [4.69, 9.17) is 0 Å². The molecule has 0 bridgehead atoms. The van der Waals surface area contributed by atoms with Gasteiger partial charge in [0.25, 0.3) is 0 Å². The van der Waals surface area contributed by atoms with Crippen molar-refractivity contribution in [3.63, 3.8) is 0 Å². The molecule has 0 spiro atoms. The fraction of sp³-hybridized carbons (Fsp3) is 0.625. The highest BCUT2D eigenvalue weighted by Gasteiger charge is 2.16. The van der Waals surface area contributed by atoms with Crippen LogP contribution in [0, 0.1) is 6.92 Å². The summed E-state index contributed by atoms with van der Waals surface area (Å²) in [7, 11) is -3.39. The lowest BCUT2D eigenvalue weighted by molar-refractivity contribution is 0.461. The third-order valence-corrected chi connectivity index (χ3v) is 5.71. The summed E-state index contributed by atoms with van der Waals surface area (Å²) < 4.78 is 27.1. The number of benzene rings is 1. The van der Waals surface area contributed by atoms with Crippen LogP contribution >= 0.6 is 12.4 Å². The number of halogens is 1. The van der Waals surface area contributed by atoms with Crippen LogP contribution in [0.3, 0.4) is 0 Å². The molecule has 1 saturated carbocycles. The molecule has 1 aromatic carbocycles. The molecule has 1 aliphatic rings. The van der Waals surface area contributed by atoms with E-state index in [1.807, 2.05) is 19.1 Å². The van der Waals surface area contributed by atoms with Gasteiger partial charge >= 0.3 is 0 Å². The highest BCUT2D eigenvalue weighted by Crippen LogP contribution is 2.17. The van der Waals surface area contributed by atoms with Crippen LogP contribution in [-0.2, 0) is 10.0 Å². The lowest BCUT2D eigenvalue weighted by Gasteiger charge is -2.16. The lowest BCUT2D eigenvalue weighted by Crippen LogP contribution is -2.37. The maximum atomic E-state index is 12.2. The SMILES string of the molecule is Cc1ccccc1S(=O)(=O)NCCNC1CCCCCC1.Cl. The van der Waals surface area contributed by atoms with Crippen molar-refractivity contribution in [2.24, 2.45) is 0 Å². The summed E-state index contributed by atoms with van der Waals surface area (Å²) in [6.07, 6.45) is 7.66. The molecule has 0 amide bonds. The molecule has 1 fully saturated rings. The Morgan fingerprint density at radius 2 is 1.68 bits per heavy atom. The first kappa shape index (κ1) is 19.4. The van der Waals surface area contributed by atoms with Crippen LogP contribution in [0.15, 0.2) is 29.2 Å². The summed E-state index contributed by atoms with van der Waals surface area (Å²) in [6, 6.07) is 7.62. The Morgan fingerprint density at radius 3 is 2.32 bits per heavy atom. The zero-order valence-corrected chi connectivity index (χ0v) is 14.8. The molecular formula is C16H27ClN2O2S. The Morgan fingerprint density at radius 1 is 1.05 bits per heavy atom. The van der Waals surface area contributed by atoms with Gasteiger partial charge in [-0.15, -0.1) is 12.4 Å². The number of hydrogen-bond donors (Lipinski definition) is 2. The largest absolute Gasteiger partial charge is 0.313 e. The zero-order chi connectivity index (χ0) is 15.1. The first-order chi connectivity index (χ1) is 10.1. The van der Waals surface area contributed by atoms with Gasteiger partial charge in [-0.2, -0.15) is 0 Å². The van der Waals surface area contributed by atoms with Crippen molar-refractivity contribution in [1.82, 2.24) is 10.0 Å². The minimum Gasteiger partial charge on any atom is -0.313 e. The molecule has 0 atom stereocenters. The average Bonchev–Trinajstić information content (AvgIpc) is 2.72. The molecule has 0 aliphatic heterocycles. The van der Waals surface area contributed by atoms with Crippen molar-refractivity contribution in [3.8, 4) is 0 Å². The molecule has 0 unspecified atom stereocenters. The highest BCUT2D eigenvalue weighted by molar-refractivity contribution is 7.89. The minimum atomic E-state index is -3.39. The number of hydrogen-bond acceptors (Lipinski definition) is 3. The smallest absolute Gasteiger partial charge is 0.240 e. The van der Waals surface area contributed by atoms with Crippen LogP contribution in [0.2, 0.25) is 0 Å². The van der Waals surface area contributed by atoms with Gasteiger partial charge in [-0.1, -0.05) is 43.9 Å². The van der Waals surface area contributed by atoms with Crippen molar-refractivity contribution in [2.45, 2.75) is 56.4 Å². The summed E-state index contributed by atoms with van der Waals surface area (Å²) in [5.41, 5.74) is 0.779. The van der Waals surface area contributed by atoms with E-state index in [2.05, 4.69) is 10.0 Å². The molecule has 0 saturated heterocycles. The molecule has 0 radical (unpaired) electrons. The summed E-state index contributed by atoms with van der Waals surface area (Å²) in [5, 5.41) is 3.47. The second-order valence-electron chi connectivity index (χ2n) is 5.81. The summed E-state index contributed by atoms with van der Waals surface area (Å²) >= 11 is 0. The first-order valence-electron chi connectivity index (χ1n) is 7.88. The van der Waals surface area contributed by atoms with Gasteiger partial charge in [0.05, 0.1) is 4.90 Å².